The maximum Gasteiger partial charge on any atom is 0.380 e. The summed E-state index contributed by atoms with van der Waals surface area (Å²) >= 11 is 0. The first-order chi connectivity index (χ1) is 9.68. The van der Waals surface area contributed by atoms with Crippen LogP contribution in [0.15, 0.2) is 58.7 Å². The number of ketones is 1. The van der Waals surface area contributed by atoms with Gasteiger partial charge in [-0.1, -0.05) is 30.3 Å². The Bertz CT molecular complexity index is 682. The highest BCUT2D eigenvalue weighted by molar-refractivity contribution is 6.44. The van der Waals surface area contributed by atoms with Crippen LogP contribution in [0.2, 0.25) is 0 Å². The standard InChI is InChI=1S/C15H10O5/c16-12(10-7-4-8-19-10)11-13(17)15(18)20-14(11)9-5-2-1-3-6-9/h1-8,14,16H/b12-11+. The summed E-state index contributed by atoms with van der Waals surface area (Å²) in [5, 5.41) is 10.2. The predicted octanol–water partition coefficient (Wildman–Crippen LogP) is 2.42. The number of cyclic esters (lactones) is 1. The summed E-state index contributed by atoms with van der Waals surface area (Å²) in [5.74, 6) is -2.09. The largest absolute Gasteiger partial charge is 0.504 e. The Labute approximate surface area is 114 Å². The first-order valence-electron chi connectivity index (χ1n) is 5.95. The quantitative estimate of drug-likeness (QED) is 0.392. The monoisotopic (exact) mass is 270 g/mol. The number of furan rings is 1. The molecule has 1 aromatic carbocycles. The van der Waals surface area contributed by atoms with Crippen LogP contribution in [-0.2, 0) is 14.3 Å². The molecule has 1 aromatic heterocycles. The molecule has 1 atom stereocenters. The third kappa shape index (κ3) is 1.89. The molecule has 0 aliphatic carbocycles. The van der Waals surface area contributed by atoms with Crippen molar-refractivity contribution in [2.24, 2.45) is 0 Å². The number of hydrogen-bond acceptors (Lipinski definition) is 5. The van der Waals surface area contributed by atoms with Gasteiger partial charge >= 0.3 is 5.97 Å². The van der Waals surface area contributed by atoms with Crippen LogP contribution in [0, 0.1) is 0 Å². The summed E-state index contributed by atoms with van der Waals surface area (Å²) in [6.07, 6.45) is 0.451. The van der Waals surface area contributed by atoms with Crippen molar-refractivity contribution in [2.45, 2.75) is 6.10 Å². The van der Waals surface area contributed by atoms with Crippen molar-refractivity contribution in [3.63, 3.8) is 0 Å². The van der Waals surface area contributed by atoms with Crippen LogP contribution in [0.25, 0.3) is 5.76 Å². The first kappa shape index (κ1) is 12.2. The number of aliphatic hydroxyl groups excluding tert-OH is 1. The Morgan fingerprint density at radius 3 is 2.45 bits per heavy atom. The summed E-state index contributed by atoms with van der Waals surface area (Å²) in [7, 11) is 0. The number of benzene rings is 1. The Morgan fingerprint density at radius 1 is 1.05 bits per heavy atom. The van der Waals surface area contributed by atoms with Gasteiger partial charge in [0.25, 0.3) is 5.78 Å². The number of Topliss-reactive ketones (excluding diaryl/α,β-unsaturated/α-hetero) is 1. The Hall–Kier alpha value is -2.82. The van der Waals surface area contributed by atoms with Crippen LogP contribution in [0.3, 0.4) is 0 Å². The first-order valence-corrected chi connectivity index (χ1v) is 5.95. The second kappa shape index (κ2) is 4.70. The summed E-state index contributed by atoms with van der Waals surface area (Å²) in [4.78, 5) is 23.4. The maximum absolute atomic E-state index is 11.9. The molecule has 2 heterocycles. The molecule has 0 amide bonds. The molecule has 2 aromatic rings. The van der Waals surface area contributed by atoms with Crippen molar-refractivity contribution >= 4 is 17.5 Å². The number of carbonyl (C=O) groups excluding carboxylic acids is 2. The molecule has 1 fully saturated rings. The zero-order valence-corrected chi connectivity index (χ0v) is 10.3. The topological polar surface area (TPSA) is 76.7 Å². The summed E-state index contributed by atoms with van der Waals surface area (Å²) in [5.41, 5.74) is 0.510. The van der Waals surface area contributed by atoms with E-state index >= 15 is 0 Å². The summed E-state index contributed by atoms with van der Waals surface area (Å²) in [6.45, 7) is 0. The van der Waals surface area contributed by atoms with E-state index in [1.165, 1.54) is 12.3 Å². The van der Waals surface area contributed by atoms with E-state index in [-0.39, 0.29) is 17.1 Å². The van der Waals surface area contributed by atoms with Gasteiger partial charge in [-0.3, -0.25) is 4.79 Å². The molecule has 1 aliphatic heterocycles. The van der Waals surface area contributed by atoms with Crippen molar-refractivity contribution in [2.75, 3.05) is 0 Å². The molecule has 0 bridgehead atoms. The molecule has 5 nitrogen and oxygen atoms in total. The van der Waals surface area contributed by atoms with E-state index in [4.69, 9.17) is 9.15 Å². The lowest BCUT2D eigenvalue weighted by Gasteiger charge is -2.11. The highest BCUT2D eigenvalue weighted by atomic mass is 16.6. The van der Waals surface area contributed by atoms with Gasteiger partial charge in [0, 0.05) is 0 Å². The highest BCUT2D eigenvalue weighted by Crippen LogP contribution is 2.36. The second-order valence-corrected chi connectivity index (χ2v) is 4.26. The number of aliphatic hydroxyl groups is 1. The van der Waals surface area contributed by atoms with Gasteiger partial charge in [-0.15, -0.1) is 0 Å². The Kier molecular flexibility index (Phi) is 2.87. The number of ether oxygens (including phenoxy) is 1. The average molecular weight is 270 g/mol. The molecular weight excluding hydrogens is 260 g/mol. The van der Waals surface area contributed by atoms with Gasteiger partial charge in [0.2, 0.25) is 0 Å². The molecule has 0 saturated carbocycles. The van der Waals surface area contributed by atoms with E-state index in [0.29, 0.717) is 5.56 Å². The highest BCUT2D eigenvalue weighted by Gasteiger charge is 2.42. The van der Waals surface area contributed by atoms with E-state index in [9.17, 15) is 14.7 Å². The fourth-order valence-electron chi connectivity index (χ4n) is 2.09. The third-order valence-corrected chi connectivity index (χ3v) is 3.03. The fraction of sp³-hybridized carbons (Fsp3) is 0.0667. The smallest absolute Gasteiger partial charge is 0.380 e. The molecule has 1 N–H and O–H groups in total. The molecule has 1 saturated heterocycles. The lowest BCUT2D eigenvalue weighted by Crippen LogP contribution is -2.08. The van der Waals surface area contributed by atoms with Gasteiger partial charge in [0.1, 0.15) is 0 Å². The lowest BCUT2D eigenvalue weighted by molar-refractivity contribution is -0.149. The second-order valence-electron chi connectivity index (χ2n) is 4.26. The maximum atomic E-state index is 11.9. The molecule has 0 spiro atoms. The number of hydrogen-bond donors (Lipinski definition) is 1. The number of esters is 1. The molecular formula is C15H10O5. The summed E-state index contributed by atoms with van der Waals surface area (Å²) in [6, 6.07) is 11.8. The van der Waals surface area contributed by atoms with Crippen molar-refractivity contribution in [3.05, 3.63) is 65.6 Å². The molecule has 20 heavy (non-hydrogen) atoms. The minimum atomic E-state index is -0.980. The number of carbonyl (C=O) groups is 2. The van der Waals surface area contributed by atoms with Crippen LogP contribution in [0.1, 0.15) is 17.4 Å². The van der Waals surface area contributed by atoms with Crippen LogP contribution in [-0.4, -0.2) is 16.9 Å². The van der Waals surface area contributed by atoms with Crippen molar-refractivity contribution in [1.82, 2.24) is 0 Å². The van der Waals surface area contributed by atoms with Gasteiger partial charge in [-0.2, -0.15) is 0 Å². The number of rotatable bonds is 2. The molecule has 100 valence electrons. The molecule has 0 radical (unpaired) electrons. The minimum absolute atomic E-state index is 0.101. The zero-order chi connectivity index (χ0) is 14.1. The molecule has 1 aliphatic rings. The van der Waals surface area contributed by atoms with Gasteiger partial charge in [-0.25, -0.2) is 4.79 Å². The van der Waals surface area contributed by atoms with Gasteiger partial charge in [0.05, 0.1) is 11.8 Å². The van der Waals surface area contributed by atoms with E-state index in [0.717, 1.165) is 0 Å². The Balaban J connectivity index is 2.13. The van der Waals surface area contributed by atoms with Crippen LogP contribution in [0.4, 0.5) is 0 Å². The average Bonchev–Trinajstić information content (AvgIpc) is 3.09. The Morgan fingerprint density at radius 2 is 1.80 bits per heavy atom. The predicted molar refractivity (Wildman–Crippen MR) is 68.5 cm³/mol. The van der Waals surface area contributed by atoms with Crippen LogP contribution < -0.4 is 0 Å². The van der Waals surface area contributed by atoms with E-state index in [1.54, 1.807) is 36.4 Å². The summed E-state index contributed by atoms with van der Waals surface area (Å²) < 4.78 is 10.1. The fourth-order valence-corrected chi connectivity index (χ4v) is 2.09. The van der Waals surface area contributed by atoms with E-state index in [2.05, 4.69) is 0 Å². The third-order valence-electron chi connectivity index (χ3n) is 3.03. The molecule has 1 unspecified atom stereocenters. The SMILES string of the molecule is O=C1OC(c2ccccc2)/C(=C(/O)c2ccco2)C1=O. The van der Waals surface area contributed by atoms with Crippen molar-refractivity contribution < 1.29 is 23.8 Å². The van der Waals surface area contributed by atoms with Crippen molar-refractivity contribution in [1.29, 1.82) is 0 Å². The normalized spacial score (nSPS) is 20.9. The lowest BCUT2D eigenvalue weighted by atomic mass is 9.98. The molecule has 3 rings (SSSR count). The molecule has 5 heteroatoms. The van der Waals surface area contributed by atoms with Crippen LogP contribution >= 0.6 is 0 Å². The van der Waals surface area contributed by atoms with E-state index in [1.807, 2.05) is 0 Å². The van der Waals surface area contributed by atoms with Gasteiger partial charge < -0.3 is 14.3 Å². The van der Waals surface area contributed by atoms with Gasteiger partial charge in [-0.05, 0) is 17.7 Å². The van der Waals surface area contributed by atoms with Crippen LogP contribution in [0.5, 0.6) is 0 Å². The minimum Gasteiger partial charge on any atom is -0.504 e. The van der Waals surface area contributed by atoms with Crippen molar-refractivity contribution in [3.8, 4) is 0 Å². The van der Waals surface area contributed by atoms with Gasteiger partial charge in [0.15, 0.2) is 17.6 Å². The van der Waals surface area contributed by atoms with E-state index < -0.39 is 17.9 Å². The zero-order valence-electron chi connectivity index (χ0n) is 10.3.